The van der Waals surface area contributed by atoms with E-state index in [-0.39, 0.29) is 18.0 Å². The molecular weight excluding hydrogens is 273 g/mol. The van der Waals surface area contributed by atoms with E-state index in [0.29, 0.717) is 5.75 Å². The van der Waals surface area contributed by atoms with Crippen LogP contribution in [-0.4, -0.2) is 23.8 Å². The maximum atomic E-state index is 13.2. The van der Waals surface area contributed by atoms with E-state index in [2.05, 4.69) is 5.32 Å². The zero-order valence-corrected chi connectivity index (χ0v) is 12.7. The number of hydrogen-bond acceptors (Lipinski definition) is 3. The second kappa shape index (κ2) is 6.33. The Bertz CT molecular complexity index is 499. The number of ether oxygens (including phenoxy) is 2. The van der Waals surface area contributed by atoms with Crippen LogP contribution in [0.4, 0.5) is 9.18 Å². The lowest BCUT2D eigenvalue weighted by atomic mass is 10.2. The average Bonchev–Trinajstić information content (AvgIpc) is 2.74. The van der Waals surface area contributed by atoms with Crippen LogP contribution in [0.15, 0.2) is 24.3 Å². The van der Waals surface area contributed by atoms with Crippen LogP contribution in [0.5, 0.6) is 5.75 Å². The number of alkyl carbamates (subject to hydrolysis) is 1. The first-order valence-corrected chi connectivity index (χ1v) is 7.25. The number of hydrogen-bond donors (Lipinski definition) is 1. The predicted molar refractivity (Wildman–Crippen MR) is 77.8 cm³/mol. The number of benzene rings is 1. The summed E-state index contributed by atoms with van der Waals surface area (Å²) < 4.78 is 24.2. The van der Waals surface area contributed by atoms with Gasteiger partial charge in [-0.1, -0.05) is 6.07 Å². The zero-order valence-electron chi connectivity index (χ0n) is 12.7. The lowest BCUT2D eigenvalue weighted by molar-refractivity contribution is 0.0464. The van der Waals surface area contributed by atoms with Crippen molar-refractivity contribution in [3.05, 3.63) is 30.1 Å². The monoisotopic (exact) mass is 295 g/mol. The Morgan fingerprint density at radius 3 is 2.76 bits per heavy atom. The van der Waals surface area contributed by atoms with Crippen molar-refractivity contribution in [1.29, 1.82) is 0 Å². The number of halogens is 1. The van der Waals surface area contributed by atoms with Crippen LogP contribution >= 0.6 is 0 Å². The SMILES string of the molecule is CC(C)(C)OC(=O)NC1CCCC1Oc1cccc(F)c1. The Kier molecular flexibility index (Phi) is 4.70. The van der Waals surface area contributed by atoms with Gasteiger partial charge in [-0.15, -0.1) is 0 Å². The average molecular weight is 295 g/mol. The Labute approximate surface area is 124 Å². The van der Waals surface area contributed by atoms with Crippen molar-refractivity contribution in [1.82, 2.24) is 5.32 Å². The third-order valence-corrected chi connectivity index (χ3v) is 3.24. The van der Waals surface area contributed by atoms with Gasteiger partial charge in [-0.05, 0) is 52.2 Å². The molecule has 2 rings (SSSR count). The van der Waals surface area contributed by atoms with E-state index >= 15 is 0 Å². The third-order valence-electron chi connectivity index (χ3n) is 3.24. The van der Waals surface area contributed by atoms with E-state index in [1.807, 2.05) is 20.8 Å². The van der Waals surface area contributed by atoms with E-state index in [1.165, 1.54) is 12.1 Å². The van der Waals surface area contributed by atoms with Crippen LogP contribution < -0.4 is 10.1 Å². The molecule has 1 N–H and O–H groups in total. The maximum absolute atomic E-state index is 13.2. The summed E-state index contributed by atoms with van der Waals surface area (Å²) in [5.41, 5.74) is -0.526. The highest BCUT2D eigenvalue weighted by atomic mass is 19.1. The van der Waals surface area contributed by atoms with Gasteiger partial charge < -0.3 is 14.8 Å². The molecule has 21 heavy (non-hydrogen) atoms. The molecule has 4 nitrogen and oxygen atoms in total. The van der Waals surface area contributed by atoms with Crippen LogP contribution in [0, 0.1) is 5.82 Å². The molecule has 0 heterocycles. The smallest absolute Gasteiger partial charge is 0.408 e. The molecule has 0 saturated heterocycles. The molecule has 5 heteroatoms. The van der Waals surface area contributed by atoms with Gasteiger partial charge in [0.25, 0.3) is 0 Å². The van der Waals surface area contributed by atoms with Crippen molar-refractivity contribution >= 4 is 6.09 Å². The Balaban J connectivity index is 1.93. The Morgan fingerprint density at radius 1 is 1.33 bits per heavy atom. The minimum atomic E-state index is -0.526. The summed E-state index contributed by atoms with van der Waals surface area (Å²) >= 11 is 0. The molecule has 1 aliphatic rings. The molecule has 0 aliphatic heterocycles. The fraction of sp³-hybridized carbons (Fsp3) is 0.562. The molecule has 116 valence electrons. The fourth-order valence-corrected chi connectivity index (χ4v) is 2.41. The van der Waals surface area contributed by atoms with E-state index in [1.54, 1.807) is 12.1 Å². The van der Waals surface area contributed by atoms with Gasteiger partial charge >= 0.3 is 6.09 Å². The molecule has 0 radical (unpaired) electrons. The van der Waals surface area contributed by atoms with E-state index < -0.39 is 11.7 Å². The van der Waals surface area contributed by atoms with Gasteiger partial charge in [-0.3, -0.25) is 0 Å². The summed E-state index contributed by atoms with van der Waals surface area (Å²) in [5, 5.41) is 2.84. The van der Waals surface area contributed by atoms with Crippen LogP contribution in [0.1, 0.15) is 40.0 Å². The molecule has 0 aromatic heterocycles. The second-order valence-corrected chi connectivity index (χ2v) is 6.30. The highest BCUT2D eigenvalue weighted by molar-refractivity contribution is 5.68. The summed E-state index contributed by atoms with van der Waals surface area (Å²) in [7, 11) is 0. The van der Waals surface area contributed by atoms with E-state index in [9.17, 15) is 9.18 Å². The lowest BCUT2D eigenvalue weighted by Gasteiger charge is -2.25. The summed E-state index contributed by atoms with van der Waals surface area (Å²) in [4.78, 5) is 11.8. The fourth-order valence-electron chi connectivity index (χ4n) is 2.41. The number of rotatable bonds is 3. The number of amides is 1. The molecule has 2 atom stereocenters. The highest BCUT2D eigenvalue weighted by Crippen LogP contribution is 2.25. The van der Waals surface area contributed by atoms with Crippen LogP contribution in [-0.2, 0) is 4.74 Å². The maximum Gasteiger partial charge on any atom is 0.408 e. The van der Waals surface area contributed by atoms with Crippen molar-refractivity contribution in [2.24, 2.45) is 0 Å². The van der Waals surface area contributed by atoms with Crippen LogP contribution in [0.3, 0.4) is 0 Å². The quantitative estimate of drug-likeness (QED) is 0.926. The van der Waals surface area contributed by atoms with Gasteiger partial charge in [0.15, 0.2) is 0 Å². The lowest BCUT2D eigenvalue weighted by Crippen LogP contribution is -2.44. The minimum Gasteiger partial charge on any atom is -0.488 e. The van der Waals surface area contributed by atoms with Gasteiger partial charge in [-0.2, -0.15) is 0 Å². The third kappa shape index (κ3) is 4.92. The Hall–Kier alpha value is -1.78. The molecule has 1 amide bonds. The first-order chi connectivity index (χ1) is 9.83. The molecule has 1 aliphatic carbocycles. The highest BCUT2D eigenvalue weighted by Gasteiger charge is 2.31. The number of nitrogens with one attached hydrogen (secondary N) is 1. The van der Waals surface area contributed by atoms with E-state index in [4.69, 9.17) is 9.47 Å². The standard InChI is InChI=1S/C16H22FNO3/c1-16(2,3)21-15(19)18-13-8-5-9-14(13)20-12-7-4-6-11(17)10-12/h4,6-7,10,13-14H,5,8-9H2,1-3H3,(H,18,19). The first-order valence-electron chi connectivity index (χ1n) is 7.25. The zero-order chi connectivity index (χ0) is 15.5. The van der Waals surface area contributed by atoms with E-state index in [0.717, 1.165) is 19.3 Å². The molecule has 0 spiro atoms. The van der Waals surface area contributed by atoms with Gasteiger partial charge in [0.1, 0.15) is 23.3 Å². The van der Waals surface area contributed by atoms with Crippen LogP contribution in [0.2, 0.25) is 0 Å². The normalized spacial score (nSPS) is 21.9. The molecule has 1 aromatic rings. The predicted octanol–water partition coefficient (Wildman–Crippen LogP) is 3.65. The van der Waals surface area contributed by atoms with Gasteiger partial charge in [0, 0.05) is 6.07 Å². The van der Waals surface area contributed by atoms with Crippen molar-refractivity contribution < 1.29 is 18.7 Å². The second-order valence-electron chi connectivity index (χ2n) is 6.30. The van der Waals surface area contributed by atoms with Crippen molar-refractivity contribution in [2.45, 2.75) is 57.8 Å². The summed E-state index contributed by atoms with van der Waals surface area (Å²) in [6.45, 7) is 5.46. The Morgan fingerprint density at radius 2 is 2.10 bits per heavy atom. The largest absolute Gasteiger partial charge is 0.488 e. The molecule has 0 bridgehead atoms. The molecule has 1 aromatic carbocycles. The molecular formula is C16H22FNO3. The minimum absolute atomic E-state index is 0.108. The number of carbonyl (C=O) groups excluding carboxylic acids is 1. The summed E-state index contributed by atoms with van der Waals surface area (Å²) in [6.07, 6.45) is 2.03. The molecule has 1 saturated carbocycles. The summed E-state index contributed by atoms with van der Waals surface area (Å²) in [5.74, 6) is 0.153. The van der Waals surface area contributed by atoms with Crippen LogP contribution in [0.25, 0.3) is 0 Å². The van der Waals surface area contributed by atoms with Crippen molar-refractivity contribution in [3.63, 3.8) is 0 Å². The topological polar surface area (TPSA) is 47.6 Å². The van der Waals surface area contributed by atoms with Crippen molar-refractivity contribution in [2.75, 3.05) is 0 Å². The van der Waals surface area contributed by atoms with Gasteiger partial charge in [0.05, 0.1) is 6.04 Å². The first kappa shape index (κ1) is 15.6. The summed E-state index contributed by atoms with van der Waals surface area (Å²) in [6, 6.07) is 5.94. The molecule has 1 fully saturated rings. The number of carbonyl (C=O) groups is 1. The van der Waals surface area contributed by atoms with Crippen molar-refractivity contribution in [3.8, 4) is 5.75 Å². The van der Waals surface area contributed by atoms with Gasteiger partial charge in [0.2, 0.25) is 0 Å². The van der Waals surface area contributed by atoms with Gasteiger partial charge in [-0.25, -0.2) is 9.18 Å². The molecule has 2 unspecified atom stereocenters.